The topological polar surface area (TPSA) is 60.2 Å². The molecule has 2 rings (SSSR count). The van der Waals surface area contributed by atoms with Gasteiger partial charge in [-0.1, -0.05) is 0 Å². The van der Waals surface area contributed by atoms with Crippen molar-refractivity contribution >= 4 is 5.82 Å². The third-order valence-electron chi connectivity index (χ3n) is 2.59. The van der Waals surface area contributed by atoms with E-state index in [2.05, 4.69) is 10.3 Å². The molecule has 0 aliphatic heterocycles. The summed E-state index contributed by atoms with van der Waals surface area (Å²) >= 11 is 0. The van der Waals surface area contributed by atoms with Crippen molar-refractivity contribution in [2.24, 2.45) is 5.73 Å². The van der Waals surface area contributed by atoms with Gasteiger partial charge in [0.15, 0.2) is 11.6 Å². The lowest BCUT2D eigenvalue weighted by Gasteiger charge is -2.33. The quantitative estimate of drug-likeness (QED) is 0.783. The van der Waals surface area contributed by atoms with E-state index in [0.29, 0.717) is 18.7 Å². The second kappa shape index (κ2) is 4.49. The first-order valence-electron chi connectivity index (χ1n) is 5.39. The van der Waals surface area contributed by atoms with Gasteiger partial charge in [-0.2, -0.15) is 0 Å². The zero-order chi connectivity index (χ0) is 10.7. The number of pyridine rings is 1. The van der Waals surface area contributed by atoms with Gasteiger partial charge in [0, 0.05) is 18.3 Å². The van der Waals surface area contributed by atoms with Gasteiger partial charge < -0.3 is 15.8 Å². The van der Waals surface area contributed by atoms with E-state index in [9.17, 15) is 0 Å². The van der Waals surface area contributed by atoms with E-state index in [4.69, 9.17) is 10.5 Å². The number of nitrogens with two attached hydrogens (primary N) is 1. The molecule has 82 valence electrons. The summed E-state index contributed by atoms with van der Waals surface area (Å²) in [7, 11) is 0. The summed E-state index contributed by atoms with van der Waals surface area (Å²) in [6.07, 6.45) is 3.80. The van der Waals surface area contributed by atoms with E-state index in [-0.39, 0.29) is 0 Å². The molecule has 1 aliphatic carbocycles. The van der Waals surface area contributed by atoms with Gasteiger partial charge in [0.05, 0.1) is 6.61 Å². The number of aromatic nitrogens is 1. The first kappa shape index (κ1) is 10.2. The van der Waals surface area contributed by atoms with Crippen molar-refractivity contribution in [1.82, 2.24) is 4.98 Å². The van der Waals surface area contributed by atoms with Crippen molar-refractivity contribution in [3.8, 4) is 5.75 Å². The fourth-order valence-corrected chi connectivity index (χ4v) is 1.74. The predicted molar refractivity (Wildman–Crippen MR) is 60.0 cm³/mol. The summed E-state index contributed by atoms with van der Waals surface area (Å²) in [4.78, 5) is 4.27. The fraction of sp³-hybridized carbons (Fsp3) is 0.545. The fourth-order valence-electron chi connectivity index (χ4n) is 1.74. The maximum absolute atomic E-state index is 5.73. The zero-order valence-corrected chi connectivity index (χ0v) is 8.94. The summed E-state index contributed by atoms with van der Waals surface area (Å²) in [5.41, 5.74) is 5.73. The van der Waals surface area contributed by atoms with Crippen LogP contribution in [0.3, 0.4) is 0 Å². The third-order valence-corrected chi connectivity index (χ3v) is 2.59. The van der Waals surface area contributed by atoms with E-state index in [1.807, 2.05) is 19.1 Å². The molecule has 0 radical (unpaired) electrons. The Bertz CT molecular complexity index is 323. The molecule has 4 nitrogen and oxygen atoms in total. The van der Waals surface area contributed by atoms with Gasteiger partial charge in [0.1, 0.15) is 0 Å². The van der Waals surface area contributed by atoms with Crippen molar-refractivity contribution in [3.63, 3.8) is 0 Å². The predicted octanol–water partition coefficient (Wildman–Crippen LogP) is 1.38. The SMILES string of the molecule is CCOc1cccnc1NC1CC(N)C1. The number of hydrogen-bond acceptors (Lipinski definition) is 4. The second-order valence-corrected chi connectivity index (χ2v) is 3.86. The maximum Gasteiger partial charge on any atom is 0.168 e. The molecule has 4 heteroatoms. The van der Waals surface area contributed by atoms with Crippen molar-refractivity contribution in [3.05, 3.63) is 18.3 Å². The zero-order valence-electron chi connectivity index (χ0n) is 8.94. The molecule has 1 fully saturated rings. The van der Waals surface area contributed by atoms with Crippen LogP contribution in [0.5, 0.6) is 5.75 Å². The van der Waals surface area contributed by atoms with Gasteiger partial charge in [-0.15, -0.1) is 0 Å². The van der Waals surface area contributed by atoms with Crippen LogP contribution in [-0.2, 0) is 0 Å². The molecule has 0 aromatic carbocycles. The minimum Gasteiger partial charge on any atom is -0.490 e. The van der Waals surface area contributed by atoms with E-state index >= 15 is 0 Å². The summed E-state index contributed by atoms with van der Waals surface area (Å²) in [5.74, 6) is 1.65. The van der Waals surface area contributed by atoms with Gasteiger partial charge in [-0.25, -0.2) is 4.98 Å². The Morgan fingerprint density at radius 1 is 1.60 bits per heavy atom. The molecule has 1 heterocycles. The largest absolute Gasteiger partial charge is 0.490 e. The number of ether oxygens (including phenoxy) is 1. The molecule has 1 saturated carbocycles. The summed E-state index contributed by atoms with van der Waals surface area (Å²) in [6.45, 7) is 2.63. The maximum atomic E-state index is 5.73. The van der Waals surface area contributed by atoms with Crippen LogP contribution in [0.4, 0.5) is 5.82 Å². The van der Waals surface area contributed by atoms with E-state index in [0.717, 1.165) is 24.4 Å². The highest BCUT2D eigenvalue weighted by molar-refractivity contribution is 5.50. The molecule has 0 amide bonds. The Morgan fingerprint density at radius 3 is 3.07 bits per heavy atom. The van der Waals surface area contributed by atoms with Gasteiger partial charge in [0.2, 0.25) is 0 Å². The Hall–Kier alpha value is -1.29. The van der Waals surface area contributed by atoms with Gasteiger partial charge in [0.25, 0.3) is 0 Å². The highest BCUT2D eigenvalue weighted by Gasteiger charge is 2.26. The monoisotopic (exact) mass is 207 g/mol. The first-order chi connectivity index (χ1) is 7.29. The molecule has 0 spiro atoms. The second-order valence-electron chi connectivity index (χ2n) is 3.86. The van der Waals surface area contributed by atoms with Crippen molar-refractivity contribution in [2.75, 3.05) is 11.9 Å². The molecule has 15 heavy (non-hydrogen) atoms. The van der Waals surface area contributed by atoms with E-state index < -0.39 is 0 Å². The molecule has 1 aliphatic rings. The lowest BCUT2D eigenvalue weighted by Crippen LogP contribution is -2.44. The molecule has 0 atom stereocenters. The molecule has 0 bridgehead atoms. The van der Waals surface area contributed by atoms with Crippen LogP contribution in [0.15, 0.2) is 18.3 Å². The van der Waals surface area contributed by atoms with E-state index in [1.165, 1.54) is 0 Å². The highest BCUT2D eigenvalue weighted by Crippen LogP contribution is 2.27. The Morgan fingerprint density at radius 2 is 2.40 bits per heavy atom. The third kappa shape index (κ3) is 2.39. The molecule has 1 aromatic rings. The minimum absolute atomic E-state index is 0.349. The van der Waals surface area contributed by atoms with Crippen LogP contribution < -0.4 is 15.8 Å². The average Bonchev–Trinajstić information content (AvgIpc) is 2.19. The van der Waals surface area contributed by atoms with Crippen LogP contribution >= 0.6 is 0 Å². The lowest BCUT2D eigenvalue weighted by atomic mass is 9.88. The normalized spacial score (nSPS) is 24.4. The van der Waals surface area contributed by atoms with Crippen molar-refractivity contribution in [2.45, 2.75) is 31.8 Å². The number of anilines is 1. The minimum atomic E-state index is 0.349. The van der Waals surface area contributed by atoms with E-state index in [1.54, 1.807) is 6.20 Å². The number of nitrogens with zero attached hydrogens (tertiary/aromatic N) is 1. The highest BCUT2D eigenvalue weighted by atomic mass is 16.5. The molecular formula is C11H17N3O. The number of nitrogens with one attached hydrogen (secondary N) is 1. The standard InChI is InChI=1S/C11H17N3O/c1-2-15-10-4-3-5-13-11(10)14-9-6-8(12)7-9/h3-5,8-9H,2,6-7,12H2,1H3,(H,13,14). The lowest BCUT2D eigenvalue weighted by molar-refractivity contribution is 0.336. The van der Waals surface area contributed by atoms with Crippen molar-refractivity contribution < 1.29 is 4.74 Å². The Labute approximate surface area is 89.8 Å². The number of hydrogen-bond donors (Lipinski definition) is 2. The number of rotatable bonds is 4. The van der Waals surface area contributed by atoms with Crippen LogP contribution in [0, 0.1) is 0 Å². The van der Waals surface area contributed by atoms with Crippen LogP contribution in [-0.4, -0.2) is 23.7 Å². The Balaban J connectivity index is 2.00. The van der Waals surface area contributed by atoms with Gasteiger partial charge in [-0.05, 0) is 31.9 Å². The van der Waals surface area contributed by atoms with Gasteiger partial charge >= 0.3 is 0 Å². The molecule has 0 saturated heterocycles. The Kier molecular flexibility index (Phi) is 3.06. The summed E-state index contributed by atoms with van der Waals surface area (Å²) in [5, 5.41) is 3.35. The average molecular weight is 207 g/mol. The van der Waals surface area contributed by atoms with Gasteiger partial charge in [-0.3, -0.25) is 0 Å². The summed E-state index contributed by atoms with van der Waals surface area (Å²) < 4.78 is 5.48. The summed E-state index contributed by atoms with van der Waals surface area (Å²) in [6, 6.07) is 4.61. The molecule has 1 aromatic heterocycles. The van der Waals surface area contributed by atoms with Crippen LogP contribution in [0.2, 0.25) is 0 Å². The molecule has 0 unspecified atom stereocenters. The molecule has 3 N–H and O–H groups in total. The van der Waals surface area contributed by atoms with Crippen LogP contribution in [0.1, 0.15) is 19.8 Å². The first-order valence-corrected chi connectivity index (χ1v) is 5.39. The van der Waals surface area contributed by atoms with Crippen LogP contribution in [0.25, 0.3) is 0 Å². The smallest absolute Gasteiger partial charge is 0.168 e. The molecular weight excluding hydrogens is 190 g/mol. The van der Waals surface area contributed by atoms with Crippen molar-refractivity contribution in [1.29, 1.82) is 0 Å².